The maximum absolute atomic E-state index is 4.58. The summed E-state index contributed by atoms with van der Waals surface area (Å²) in [6, 6.07) is 2.29. The van der Waals surface area contributed by atoms with E-state index in [0.717, 1.165) is 30.1 Å². The molecule has 1 atom stereocenters. The monoisotopic (exact) mass is 271 g/mol. The van der Waals surface area contributed by atoms with Crippen LogP contribution in [0.5, 0.6) is 0 Å². The molecule has 0 spiro atoms. The van der Waals surface area contributed by atoms with Gasteiger partial charge < -0.3 is 5.32 Å². The van der Waals surface area contributed by atoms with Crippen LogP contribution in [0.4, 0.5) is 0 Å². The van der Waals surface area contributed by atoms with Crippen LogP contribution in [0, 0.1) is 23.2 Å². The van der Waals surface area contributed by atoms with Crippen LogP contribution >= 0.6 is 0 Å². The van der Waals surface area contributed by atoms with Crippen molar-refractivity contribution in [3.63, 3.8) is 0 Å². The molecule has 4 bridgehead atoms. The summed E-state index contributed by atoms with van der Waals surface area (Å²) in [6.45, 7) is 3.21. The molecular weight excluding hydrogens is 246 g/mol. The molecule has 108 valence electrons. The largest absolute Gasteiger partial charge is 0.307 e. The maximum atomic E-state index is 4.58. The van der Waals surface area contributed by atoms with E-state index in [0.29, 0.717) is 11.5 Å². The molecule has 0 saturated heterocycles. The van der Waals surface area contributed by atoms with Crippen LogP contribution in [0.1, 0.15) is 57.3 Å². The molecule has 1 aromatic heterocycles. The first kappa shape index (κ1) is 12.8. The van der Waals surface area contributed by atoms with E-state index in [1.54, 1.807) is 0 Å². The van der Waals surface area contributed by atoms with Crippen LogP contribution in [0.25, 0.3) is 0 Å². The summed E-state index contributed by atoms with van der Waals surface area (Å²) >= 11 is 0. The van der Waals surface area contributed by atoms with Crippen molar-refractivity contribution in [2.75, 3.05) is 6.54 Å². The lowest BCUT2D eigenvalue weighted by molar-refractivity contribution is -0.0761. The smallest absolute Gasteiger partial charge is 0.145 e. The van der Waals surface area contributed by atoms with Gasteiger partial charge in [-0.25, -0.2) is 9.97 Å². The molecule has 1 heterocycles. The summed E-state index contributed by atoms with van der Waals surface area (Å²) in [5.41, 5.74) is 0.437. The van der Waals surface area contributed by atoms with Crippen molar-refractivity contribution >= 4 is 0 Å². The molecule has 0 aliphatic heterocycles. The third-order valence-corrected chi connectivity index (χ3v) is 5.95. The number of nitrogens with one attached hydrogen (secondary N) is 1. The van der Waals surface area contributed by atoms with E-state index in [2.05, 4.69) is 22.2 Å². The molecule has 3 heteroatoms. The molecule has 20 heavy (non-hydrogen) atoms. The quantitative estimate of drug-likeness (QED) is 0.912. The Kier molecular flexibility index (Phi) is 3.06. The van der Waals surface area contributed by atoms with Gasteiger partial charge in [-0.2, -0.15) is 0 Å². The van der Waals surface area contributed by atoms with Crippen molar-refractivity contribution in [3.8, 4) is 0 Å². The zero-order valence-corrected chi connectivity index (χ0v) is 12.4. The predicted octanol–water partition coefficient (Wildman–Crippen LogP) is 3.34. The summed E-state index contributed by atoms with van der Waals surface area (Å²) in [6.07, 6.45) is 12.5. The fourth-order valence-corrected chi connectivity index (χ4v) is 5.78. The molecule has 1 aromatic rings. The molecule has 5 rings (SSSR count). The van der Waals surface area contributed by atoms with Gasteiger partial charge in [0.1, 0.15) is 5.82 Å². The van der Waals surface area contributed by atoms with Crippen molar-refractivity contribution in [3.05, 3.63) is 24.3 Å². The Bertz CT molecular complexity index is 435. The molecule has 1 unspecified atom stereocenters. The lowest BCUT2D eigenvalue weighted by Gasteiger charge is -2.59. The van der Waals surface area contributed by atoms with Gasteiger partial charge in [-0.15, -0.1) is 0 Å². The van der Waals surface area contributed by atoms with E-state index >= 15 is 0 Å². The van der Waals surface area contributed by atoms with Gasteiger partial charge in [0, 0.05) is 12.4 Å². The average Bonchev–Trinajstić information content (AvgIpc) is 2.44. The van der Waals surface area contributed by atoms with Gasteiger partial charge in [-0.1, -0.05) is 6.92 Å². The highest BCUT2D eigenvalue weighted by Crippen LogP contribution is 2.63. The van der Waals surface area contributed by atoms with Crippen molar-refractivity contribution < 1.29 is 0 Å². The van der Waals surface area contributed by atoms with E-state index in [1.165, 1.54) is 38.5 Å². The topological polar surface area (TPSA) is 37.8 Å². The fourth-order valence-electron chi connectivity index (χ4n) is 5.78. The highest BCUT2D eigenvalue weighted by molar-refractivity contribution is 5.11. The van der Waals surface area contributed by atoms with Crippen LogP contribution < -0.4 is 5.32 Å². The third-order valence-electron chi connectivity index (χ3n) is 5.95. The maximum Gasteiger partial charge on any atom is 0.145 e. The normalized spacial score (nSPS) is 40.0. The first-order chi connectivity index (χ1) is 9.79. The average molecular weight is 271 g/mol. The molecule has 0 radical (unpaired) electrons. The minimum atomic E-state index is 0.363. The van der Waals surface area contributed by atoms with E-state index in [1.807, 2.05) is 18.5 Å². The molecule has 1 N–H and O–H groups in total. The number of nitrogens with zero attached hydrogens (tertiary/aromatic N) is 2. The number of rotatable bonds is 4. The van der Waals surface area contributed by atoms with E-state index in [4.69, 9.17) is 0 Å². The third kappa shape index (κ3) is 1.98. The molecule has 0 aromatic carbocycles. The predicted molar refractivity (Wildman–Crippen MR) is 79.1 cm³/mol. The Balaban J connectivity index is 1.69. The number of aromatic nitrogens is 2. The summed E-state index contributed by atoms with van der Waals surface area (Å²) in [7, 11) is 0. The molecule has 3 nitrogen and oxygen atoms in total. The van der Waals surface area contributed by atoms with Gasteiger partial charge in [-0.05, 0) is 74.3 Å². The van der Waals surface area contributed by atoms with Crippen molar-refractivity contribution in [1.82, 2.24) is 15.3 Å². The first-order valence-corrected chi connectivity index (χ1v) is 8.29. The van der Waals surface area contributed by atoms with Crippen LogP contribution in [0.3, 0.4) is 0 Å². The van der Waals surface area contributed by atoms with Gasteiger partial charge >= 0.3 is 0 Å². The second-order valence-electron chi connectivity index (χ2n) is 7.38. The summed E-state index contributed by atoms with van der Waals surface area (Å²) < 4.78 is 0. The summed E-state index contributed by atoms with van der Waals surface area (Å²) in [5, 5.41) is 3.73. The summed E-state index contributed by atoms with van der Waals surface area (Å²) in [4.78, 5) is 9.16. The van der Waals surface area contributed by atoms with E-state index in [-0.39, 0.29) is 0 Å². The minimum absolute atomic E-state index is 0.363. The van der Waals surface area contributed by atoms with Crippen LogP contribution in [-0.2, 0) is 0 Å². The van der Waals surface area contributed by atoms with Crippen molar-refractivity contribution in [1.29, 1.82) is 0 Å². The van der Waals surface area contributed by atoms with Gasteiger partial charge in [0.05, 0.1) is 6.04 Å². The lowest BCUT2D eigenvalue weighted by atomic mass is 9.47. The zero-order chi connectivity index (χ0) is 13.6. The van der Waals surface area contributed by atoms with Crippen molar-refractivity contribution in [2.24, 2.45) is 23.2 Å². The molecule has 4 aliphatic rings. The Labute approximate surface area is 121 Å². The van der Waals surface area contributed by atoms with Crippen molar-refractivity contribution in [2.45, 2.75) is 51.5 Å². The lowest BCUT2D eigenvalue weighted by Crippen LogP contribution is -2.52. The van der Waals surface area contributed by atoms with Gasteiger partial charge in [0.15, 0.2) is 0 Å². The molecule has 4 aliphatic carbocycles. The highest BCUT2D eigenvalue weighted by atomic mass is 15.0. The van der Waals surface area contributed by atoms with E-state index in [9.17, 15) is 0 Å². The fraction of sp³-hybridized carbons (Fsp3) is 0.765. The molecule has 4 fully saturated rings. The van der Waals surface area contributed by atoms with Gasteiger partial charge in [0.25, 0.3) is 0 Å². The van der Waals surface area contributed by atoms with Crippen LogP contribution in [-0.4, -0.2) is 16.5 Å². The standard InChI is InChI=1S/C17H25N3/c1-2-18-15(16-19-4-3-5-20-16)17-9-12-6-13(10-17)8-14(7-12)11-17/h3-5,12-15,18H,2,6-11H2,1H3. The number of hydrogen-bond donors (Lipinski definition) is 1. The Morgan fingerprint density at radius 2 is 1.65 bits per heavy atom. The second kappa shape index (κ2) is 4.80. The SMILES string of the molecule is CCNC(c1ncccn1)C12CC3CC(CC(C3)C1)C2. The number of hydrogen-bond acceptors (Lipinski definition) is 3. The van der Waals surface area contributed by atoms with E-state index < -0.39 is 0 Å². The zero-order valence-electron chi connectivity index (χ0n) is 12.4. The van der Waals surface area contributed by atoms with Crippen LogP contribution in [0.2, 0.25) is 0 Å². The van der Waals surface area contributed by atoms with Gasteiger partial charge in [0.2, 0.25) is 0 Å². The Morgan fingerprint density at radius 1 is 1.10 bits per heavy atom. The Hall–Kier alpha value is -0.960. The highest BCUT2D eigenvalue weighted by Gasteiger charge is 2.54. The van der Waals surface area contributed by atoms with Gasteiger partial charge in [-0.3, -0.25) is 0 Å². The minimum Gasteiger partial charge on any atom is -0.307 e. The molecule has 4 saturated carbocycles. The molecule has 0 amide bonds. The Morgan fingerprint density at radius 3 is 2.15 bits per heavy atom. The molecular formula is C17H25N3. The first-order valence-electron chi connectivity index (χ1n) is 8.29. The summed E-state index contributed by atoms with van der Waals surface area (Å²) in [5.74, 6) is 3.96. The second-order valence-corrected chi connectivity index (χ2v) is 7.38. The van der Waals surface area contributed by atoms with Crippen LogP contribution in [0.15, 0.2) is 18.5 Å².